The van der Waals surface area contributed by atoms with Crippen molar-refractivity contribution in [1.82, 2.24) is 0 Å². The fourth-order valence-electron chi connectivity index (χ4n) is 4.73. The Morgan fingerprint density at radius 1 is 1.13 bits per heavy atom. The summed E-state index contributed by atoms with van der Waals surface area (Å²) in [5.41, 5.74) is 1.81. The van der Waals surface area contributed by atoms with Gasteiger partial charge in [0.1, 0.15) is 6.29 Å². The Labute approximate surface area is 89.5 Å². The van der Waals surface area contributed by atoms with Crippen molar-refractivity contribution in [2.45, 2.75) is 24.7 Å². The van der Waals surface area contributed by atoms with E-state index >= 15 is 0 Å². The summed E-state index contributed by atoms with van der Waals surface area (Å²) in [4.78, 5) is 11.3. The smallest absolute Gasteiger partial charge is 0.127 e. The minimum absolute atomic E-state index is 0.0899. The van der Waals surface area contributed by atoms with Crippen LogP contribution in [0.25, 0.3) is 0 Å². The Morgan fingerprint density at radius 2 is 1.80 bits per heavy atom. The van der Waals surface area contributed by atoms with Crippen molar-refractivity contribution in [3.63, 3.8) is 0 Å². The number of benzene rings is 1. The normalized spacial score (nSPS) is 49.3. The van der Waals surface area contributed by atoms with Crippen LogP contribution in [0.5, 0.6) is 0 Å². The van der Waals surface area contributed by atoms with E-state index in [0.29, 0.717) is 17.3 Å². The highest BCUT2D eigenvalue weighted by atomic mass is 16.1. The average molecular weight is 198 g/mol. The van der Waals surface area contributed by atoms with Gasteiger partial charge in [-0.2, -0.15) is 0 Å². The fourth-order valence-corrected chi connectivity index (χ4v) is 4.73. The Bertz CT molecular complexity index is 422. The second-order valence-corrected chi connectivity index (χ2v) is 5.32. The standard InChI is InChI=1S/C14H14O/c15-9-13-11-7-4-8-12(13)14(11,13)10-5-2-1-3-6-10/h1-3,5-6,9,11-12H,4,7-8H2. The molecule has 2 unspecified atom stereocenters. The molecule has 3 saturated carbocycles. The zero-order valence-electron chi connectivity index (χ0n) is 8.65. The van der Waals surface area contributed by atoms with Crippen LogP contribution in [0.3, 0.4) is 0 Å². The van der Waals surface area contributed by atoms with E-state index in [1.807, 2.05) is 0 Å². The quantitative estimate of drug-likeness (QED) is 0.667. The Morgan fingerprint density at radius 3 is 2.33 bits per heavy atom. The third-order valence-electron chi connectivity index (χ3n) is 5.23. The molecule has 1 heteroatoms. The Hall–Kier alpha value is -1.11. The lowest BCUT2D eigenvalue weighted by Gasteiger charge is -2.26. The average Bonchev–Trinajstić information content (AvgIpc) is 3.16. The van der Waals surface area contributed by atoms with E-state index in [-0.39, 0.29) is 5.41 Å². The first kappa shape index (κ1) is 8.09. The van der Waals surface area contributed by atoms with Gasteiger partial charge < -0.3 is 4.79 Å². The van der Waals surface area contributed by atoms with E-state index in [4.69, 9.17) is 0 Å². The van der Waals surface area contributed by atoms with E-state index in [1.54, 1.807) is 0 Å². The van der Waals surface area contributed by atoms with Crippen LogP contribution in [-0.4, -0.2) is 6.29 Å². The molecule has 0 radical (unpaired) electrons. The van der Waals surface area contributed by atoms with Crippen LogP contribution in [0.2, 0.25) is 0 Å². The number of hydrogen-bond acceptors (Lipinski definition) is 1. The van der Waals surface area contributed by atoms with Crippen molar-refractivity contribution < 1.29 is 4.79 Å². The van der Waals surface area contributed by atoms with Gasteiger partial charge >= 0.3 is 0 Å². The molecule has 3 aliphatic carbocycles. The molecule has 0 aromatic heterocycles. The van der Waals surface area contributed by atoms with E-state index in [0.717, 1.165) is 0 Å². The minimum Gasteiger partial charge on any atom is -0.303 e. The van der Waals surface area contributed by atoms with Gasteiger partial charge in [-0.05, 0) is 30.2 Å². The summed E-state index contributed by atoms with van der Waals surface area (Å²) in [5.74, 6) is 1.37. The molecule has 1 nitrogen and oxygen atoms in total. The number of carbonyl (C=O) groups excluding carboxylic acids is 1. The summed E-state index contributed by atoms with van der Waals surface area (Å²) in [6, 6.07) is 10.7. The summed E-state index contributed by atoms with van der Waals surface area (Å²) in [6.07, 6.45) is 5.14. The molecule has 0 bridgehead atoms. The topological polar surface area (TPSA) is 17.1 Å². The van der Waals surface area contributed by atoms with Crippen molar-refractivity contribution in [2.75, 3.05) is 0 Å². The number of rotatable bonds is 2. The lowest BCUT2D eigenvalue weighted by molar-refractivity contribution is -0.112. The highest BCUT2D eigenvalue weighted by molar-refractivity contribution is 5.83. The highest BCUT2D eigenvalue weighted by Crippen LogP contribution is 2.96. The molecule has 15 heavy (non-hydrogen) atoms. The molecule has 0 amide bonds. The molecular weight excluding hydrogens is 184 g/mol. The maximum Gasteiger partial charge on any atom is 0.127 e. The van der Waals surface area contributed by atoms with Crippen molar-refractivity contribution in [2.24, 2.45) is 17.3 Å². The SMILES string of the molecule is O=CC12C3CCCC1C32c1ccccc1. The van der Waals surface area contributed by atoms with Crippen molar-refractivity contribution >= 4 is 6.29 Å². The number of aldehydes is 1. The third kappa shape index (κ3) is 0.590. The van der Waals surface area contributed by atoms with Crippen molar-refractivity contribution in [3.05, 3.63) is 35.9 Å². The molecule has 3 fully saturated rings. The van der Waals surface area contributed by atoms with Crippen LogP contribution in [-0.2, 0) is 10.2 Å². The number of fused-ring (bicyclic) bond motifs is 2. The monoisotopic (exact) mass is 198 g/mol. The zero-order valence-corrected chi connectivity index (χ0v) is 8.65. The first-order valence-corrected chi connectivity index (χ1v) is 5.91. The van der Waals surface area contributed by atoms with Crippen LogP contribution < -0.4 is 0 Å². The Kier molecular flexibility index (Phi) is 1.18. The van der Waals surface area contributed by atoms with Gasteiger partial charge in [0.25, 0.3) is 0 Å². The fraction of sp³-hybridized carbons (Fsp3) is 0.500. The molecule has 0 N–H and O–H groups in total. The molecule has 4 rings (SSSR count). The summed E-state index contributed by atoms with van der Waals surface area (Å²) in [5, 5.41) is 0. The largest absolute Gasteiger partial charge is 0.303 e. The molecule has 2 atom stereocenters. The van der Waals surface area contributed by atoms with Crippen molar-refractivity contribution in [1.29, 1.82) is 0 Å². The molecule has 0 spiro atoms. The molecular formula is C14H14O. The maximum atomic E-state index is 11.3. The first-order chi connectivity index (χ1) is 7.39. The highest BCUT2D eigenvalue weighted by Gasteiger charge is 2.98. The van der Waals surface area contributed by atoms with Gasteiger partial charge in [-0.25, -0.2) is 0 Å². The molecule has 0 heterocycles. The summed E-state index contributed by atoms with van der Waals surface area (Å²) < 4.78 is 0. The van der Waals surface area contributed by atoms with Crippen molar-refractivity contribution in [3.8, 4) is 0 Å². The van der Waals surface area contributed by atoms with Crippen LogP contribution in [0, 0.1) is 17.3 Å². The third-order valence-corrected chi connectivity index (χ3v) is 5.23. The van der Waals surface area contributed by atoms with Gasteiger partial charge in [0.2, 0.25) is 0 Å². The molecule has 76 valence electrons. The van der Waals surface area contributed by atoms with Gasteiger partial charge in [-0.1, -0.05) is 36.8 Å². The number of carbonyl (C=O) groups is 1. The molecule has 1 aromatic rings. The Balaban J connectivity index is 1.84. The van der Waals surface area contributed by atoms with Gasteiger partial charge in [-0.15, -0.1) is 0 Å². The lowest BCUT2D eigenvalue weighted by Crippen LogP contribution is -2.21. The van der Waals surface area contributed by atoms with Gasteiger partial charge in [0.15, 0.2) is 0 Å². The zero-order chi connectivity index (χ0) is 10.1. The summed E-state index contributed by atoms with van der Waals surface area (Å²) in [6.45, 7) is 0. The van der Waals surface area contributed by atoms with E-state index in [1.165, 1.54) is 31.1 Å². The first-order valence-electron chi connectivity index (χ1n) is 5.91. The van der Waals surface area contributed by atoms with E-state index in [9.17, 15) is 4.79 Å². The second-order valence-electron chi connectivity index (χ2n) is 5.32. The predicted molar refractivity (Wildman–Crippen MR) is 57.4 cm³/mol. The van der Waals surface area contributed by atoms with E-state index in [2.05, 4.69) is 30.3 Å². The van der Waals surface area contributed by atoms with Crippen LogP contribution in [0.1, 0.15) is 24.8 Å². The number of hydrogen-bond donors (Lipinski definition) is 0. The van der Waals surface area contributed by atoms with Gasteiger partial charge in [0.05, 0.1) is 0 Å². The van der Waals surface area contributed by atoms with Crippen LogP contribution in [0.4, 0.5) is 0 Å². The molecule has 1 aromatic carbocycles. The van der Waals surface area contributed by atoms with E-state index < -0.39 is 0 Å². The predicted octanol–water partition coefficient (Wildman–Crippen LogP) is 2.55. The van der Waals surface area contributed by atoms with Gasteiger partial charge in [0, 0.05) is 10.8 Å². The van der Waals surface area contributed by atoms with Gasteiger partial charge in [-0.3, -0.25) is 0 Å². The maximum absolute atomic E-state index is 11.3. The lowest BCUT2D eigenvalue weighted by atomic mass is 9.77. The minimum atomic E-state index is 0.0899. The molecule has 3 aliphatic rings. The summed E-state index contributed by atoms with van der Waals surface area (Å²) in [7, 11) is 0. The molecule has 0 aliphatic heterocycles. The molecule has 0 saturated heterocycles. The summed E-state index contributed by atoms with van der Waals surface area (Å²) >= 11 is 0. The van der Waals surface area contributed by atoms with Crippen LogP contribution >= 0.6 is 0 Å². The van der Waals surface area contributed by atoms with Crippen LogP contribution in [0.15, 0.2) is 30.3 Å². The second kappa shape index (κ2) is 2.18.